The van der Waals surface area contributed by atoms with Gasteiger partial charge in [-0.05, 0) is 24.1 Å². The van der Waals surface area contributed by atoms with Crippen molar-refractivity contribution in [3.8, 4) is 11.5 Å². The summed E-state index contributed by atoms with van der Waals surface area (Å²) < 4.78 is 5.50. The molecule has 0 bridgehead atoms. The van der Waals surface area contributed by atoms with Gasteiger partial charge < -0.3 is 15.6 Å². The predicted octanol–water partition coefficient (Wildman–Crippen LogP) is 1.89. The van der Waals surface area contributed by atoms with Gasteiger partial charge in [0, 0.05) is 12.1 Å². The van der Waals surface area contributed by atoms with E-state index in [1.165, 1.54) is 0 Å². The first kappa shape index (κ1) is 10.9. The van der Waals surface area contributed by atoms with Crippen LogP contribution in [0.2, 0.25) is 0 Å². The molecule has 78 valence electrons. The molecule has 0 saturated heterocycles. The summed E-state index contributed by atoms with van der Waals surface area (Å²) in [6.45, 7) is 5.17. The van der Waals surface area contributed by atoms with Crippen LogP contribution in [-0.2, 0) is 6.54 Å². The Balaban J connectivity index is 2.69. The van der Waals surface area contributed by atoms with E-state index in [2.05, 4.69) is 13.8 Å². The maximum absolute atomic E-state index is 9.38. The average Bonchev–Trinajstić information content (AvgIpc) is 2.16. The highest BCUT2D eigenvalue weighted by atomic mass is 16.5. The van der Waals surface area contributed by atoms with Gasteiger partial charge in [-0.1, -0.05) is 13.8 Å². The van der Waals surface area contributed by atoms with Gasteiger partial charge in [-0.25, -0.2) is 0 Å². The zero-order valence-corrected chi connectivity index (χ0v) is 8.66. The molecule has 0 saturated carbocycles. The van der Waals surface area contributed by atoms with Crippen molar-refractivity contribution in [1.82, 2.24) is 0 Å². The minimum atomic E-state index is 0.226. The van der Waals surface area contributed by atoms with Crippen LogP contribution >= 0.6 is 0 Å². The SMILES string of the molecule is CC(C)COc1ccc(O)c(CN)c1. The molecule has 0 amide bonds. The van der Waals surface area contributed by atoms with Crippen LogP contribution in [0.15, 0.2) is 18.2 Å². The second kappa shape index (κ2) is 4.86. The fourth-order valence-corrected chi connectivity index (χ4v) is 1.08. The molecule has 0 radical (unpaired) electrons. The van der Waals surface area contributed by atoms with Crippen molar-refractivity contribution in [1.29, 1.82) is 0 Å². The van der Waals surface area contributed by atoms with E-state index < -0.39 is 0 Å². The summed E-state index contributed by atoms with van der Waals surface area (Å²) in [6, 6.07) is 5.13. The van der Waals surface area contributed by atoms with E-state index in [1.807, 2.05) is 0 Å². The number of nitrogens with two attached hydrogens (primary N) is 1. The second-order valence-electron chi connectivity index (χ2n) is 3.70. The molecule has 1 aromatic carbocycles. The van der Waals surface area contributed by atoms with Gasteiger partial charge in [0.15, 0.2) is 0 Å². The lowest BCUT2D eigenvalue weighted by Crippen LogP contribution is -2.05. The summed E-state index contributed by atoms with van der Waals surface area (Å²) in [5, 5.41) is 9.38. The Morgan fingerprint density at radius 3 is 2.71 bits per heavy atom. The molecule has 1 rings (SSSR count). The molecule has 14 heavy (non-hydrogen) atoms. The number of phenols is 1. The first-order valence-corrected chi connectivity index (χ1v) is 4.78. The standard InChI is InChI=1S/C11H17NO2/c1-8(2)7-14-10-3-4-11(13)9(5-10)6-12/h3-5,8,13H,6-7,12H2,1-2H3. The van der Waals surface area contributed by atoms with Crippen LogP contribution in [0.3, 0.4) is 0 Å². The molecular weight excluding hydrogens is 178 g/mol. The summed E-state index contributed by atoms with van der Waals surface area (Å²) in [4.78, 5) is 0. The lowest BCUT2D eigenvalue weighted by atomic mass is 10.2. The highest BCUT2D eigenvalue weighted by Gasteiger charge is 2.02. The Hall–Kier alpha value is -1.22. The van der Waals surface area contributed by atoms with E-state index in [-0.39, 0.29) is 5.75 Å². The Morgan fingerprint density at radius 2 is 2.14 bits per heavy atom. The third kappa shape index (κ3) is 2.92. The van der Waals surface area contributed by atoms with E-state index in [9.17, 15) is 5.11 Å². The van der Waals surface area contributed by atoms with Crippen LogP contribution in [0.25, 0.3) is 0 Å². The van der Waals surface area contributed by atoms with E-state index in [0.29, 0.717) is 24.6 Å². The molecule has 3 heteroatoms. The molecule has 0 unspecified atom stereocenters. The summed E-state index contributed by atoms with van der Waals surface area (Å²) in [6.07, 6.45) is 0. The summed E-state index contributed by atoms with van der Waals surface area (Å²) in [7, 11) is 0. The van der Waals surface area contributed by atoms with E-state index in [1.54, 1.807) is 18.2 Å². The molecule has 0 fully saturated rings. The Bertz CT molecular complexity index is 297. The maximum Gasteiger partial charge on any atom is 0.120 e. The summed E-state index contributed by atoms with van der Waals surface area (Å²) in [5.41, 5.74) is 6.17. The van der Waals surface area contributed by atoms with Crippen molar-refractivity contribution in [2.45, 2.75) is 20.4 Å². The van der Waals surface area contributed by atoms with Crippen LogP contribution in [0, 0.1) is 5.92 Å². The van der Waals surface area contributed by atoms with Crippen LogP contribution in [0.5, 0.6) is 11.5 Å². The number of rotatable bonds is 4. The van der Waals surface area contributed by atoms with E-state index in [4.69, 9.17) is 10.5 Å². The van der Waals surface area contributed by atoms with Crippen molar-refractivity contribution in [2.75, 3.05) is 6.61 Å². The molecule has 3 nitrogen and oxygen atoms in total. The number of phenolic OH excluding ortho intramolecular Hbond substituents is 1. The topological polar surface area (TPSA) is 55.5 Å². The maximum atomic E-state index is 9.38. The lowest BCUT2D eigenvalue weighted by Gasteiger charge is -2.10. The van der Waals surface area contributed by atoms with Crippen molar-refractivity contribution >= 4 is 0 Å². The molecule has 1 aromatic rings. The van der Waals surface area contributed by atoms with Crippen molar-refractivity contribution in [3.05, 3.63) is 23.8 Å². The Morgan fingerprint density at radius 1 is 1.43 bits per heavy atom. The molecule has 0 aromatic heterocycles. The van der Waals surface area contributed by atoms with Crippen molar-refractivity contribution < 1.29 is 9.84 Å². The molecular formula is C11H17NO2. The first-order chi connectivity index (χ1) is 6.63. The van der Waals surface area contributed by atoms with Crippen LogP contribution < -0.4 is 10.5 Å². The molecule has 0 spiro atoms. The number of ether oxygens (including phenoxy) is 1. The average molecular weight is 195 g/mol. The van der Waals surface area contributed by atoms with E-state index in [0.717, 1.165) is 5.75 Å². The minimum absolute atomic E-state index is 0.226. The van der Waals surface area contributed by atoms with Crippen LogP contribution in [0.4, 0.5) is 0 Å². The lowest BCUT2D eigenvalue weighted by molar-refractivity contribution is 0.270. The normalized spacial score (nSPS) is 10.6. The molecule has 0 aliphatic heterocycles. The molecule has 0 aliphatic rings. The fourth-order valence-electron chi connectivity index (χ4n) is 1.08. The highest BCUT2D eigenvalue weighted by Crippen LogP contribution is 2.22. The van der Waals surface area contributed by atoms with Crippen molar-refractivity contribution in [2.24, 2.45) is 11.7 Å². The zero-order chi connectivity index (χ0) is 10.6. The number of aromatic hydroxyl groups is 1. The van der Waals surface area contributed by atoms with Gasteiger partial charge in [-0.3, -0.25) is 0 Å². The third-order valence-electron chi connectivity index (χ3n) is 1.85. The Kier molecular flexibility index (Phi) is 3.77. The van der Waals surface area contributed by atoms with Gasteiger partial charge >= 0.3 is 0 Å². The molecule has 0 aliphatic carbocycles. The monoisotopic (exact) mass is 195 g/mol. The van der Waals surface area contributed by atoms with Gasteiger partial charge in [0.2, 0.25) is 0 Å². The van der Waals surface area contributed by atoms with Gasteiger partial charge in [0.25, 0.3) is 0 Å². The van der Waals surface area contributed by atoms with Gasteiger partial charge in [0.05, 0.1) is 6.61 Å². The number of hydrogen-bond acceptors (Lipinski definition) is 3. The summed E-state index contributed by atoms with van der Waals surface area (Å²) in [5.74, 6) is 1.48. The van der Waals surface area contributed by atoms with E-state index >= 15 is 0 Å². The minimum Gasteiger partial charge on any atom is -0.508 e. The fraction of sp³-hybridized carbons (Fsp3) is 0.455. The summed E-state index contributed by atoms with van der Waals surface area (Å²) >= 11 is 0. The van der Waals surface area contributed by atoms with Gasteiger partial charge in [-0.15, -0.1) is 0 Å². The quantitative estimate of drug-likeness (QED) is 0.771. The van der Waals surface area contributed by atoms with Gasteiger partial charge in [-0.2, -0.15) is 0 Å². The third-order valence-corrected chi connectivity index (χ3v) is 1.85. The van der Waals surface area contributed by atoms with Crippen LogP contribution in [0.1, 0.15) is 19.4 Å². The molecule has 0 atom stereocenters. The Labute approximate surface area is 84.5 Å². The molecule has 0 heterocycles. The van der Waals surface area contributed by atoms with Crippen LogP contribution in [-0.4, -0.2) is 11.7 Å². The first-order valence-electron chi connectivity index (χ1n) is 4.78. The number of benzene rings is 1. The highest BCUT2D eigenvalue weighted by molar-refractivity contribution is 5.39. The molecule has 3 N–H and O–H groups in total. The predicted molar refractivity (Wildman–Crippen MR) is 56.3 cm³/mol. The van der Waals surface area contributed by atoms with Gasteiger partial charge in [0.1, 0.15) is 11.5 Å². The smallest absolute Gasteiger partial charge is 0.120 e. The zero-order valence-electron chi connectivity index (χ0n) is 8.66. The largest absolute Gasteiger partial charge is 0.508 e. The van der Waals surface area contributed by atoms with Crippen molar-refractivity contribution in [3.63, 3.8) is 0 Å². The second-order valence-corrected chi connectivity index (χ2v) is 3.70. The number of hydrogen-bond donors (Lipinski definition) is 2.